The van der Waals surface area contributed by atoms with Crippen LogP contribution in [0.4, 0.5) is 0 Å². The molecule has 0 aromatic carbocycles. The molecule has 0 saturated carbocycles. The van der Waals surface area contributed by atoms with Crippen LogP contribution in [0.25, 0.3) is 0 Å². The third-order valence-corrected chi connectivity index (χ3v) is 6.46. The van der Waals surface area contributed by atoms with Crippen LogP contribution in [0.15, 0.2) is 17.3 Å². The van der Waals surface area contributed by atoms with Crippen molar-refractivity contribution in [2.75, 3.05) is 38.8 Å². The van der Waals surface area contributed by atoms with Crippen LogP contribution in [0.5, 0.6) is 11.5 Å². The molecule has 1 aromatic rings. The van der Waals surface area contributed by atoms with Crippen LogP contribution in [0.1, 0.15) is 12.6 Å². The van der Waals surface area contributed by atoms with Crippen LogP contribution in [0.3, 0.4) is 0 Å². The van der Waals surface area contributed by atoms with Gasteiger partial charge in [-0.2, -0.15) is 0 Å². The first kappa shape index (κ1) is 26.6. The Bertz CT molecular complexity index is 886. The van der Waals surface area contributed by atoms with Crippen LogP contribution in [0, 0.1) is 0 Å². The third-order valence-electron chi connectivity index (χ3n) is 5.20. The van der Waals surface area contributed by atoms with Crippen molar-refractivity contribution in [2.24, 2.45) is 4.99 Å². The molecule has 3 rings (SSSR count). The summed E-state index contributed by atoms with van der Waals surface area (Å²) in [4.78, 5) is 19.6. The van der Waals surface area contributed by atoms with Crippen LogP contribution in [0.2, 0.25) is 0 Å². The fourth-order valence-electron chi connectivity index (χ4n) is 3.16. The Hall–Kier alpha value is -2.04. The molecular weight excluding hydrogens is 476 g/mol. The topological polar surface area (TPSA) is 201 Å². The van der Waals surface area contributed by atoms with E-state index in [1.807, 2.05) is 0 Å². The highest BCUT2D eigenvalue weighted by atomic mass is 32.2. The molecule has 14 heteroatoms. The average Bonchev–Trinajstić information content (AvgIpc) is 3.21. The Morgan fingerprint density at radius 2 is 1.94 bits per heavy atom. The minimum atomic E-state index is -1.51. The summed E-state index contributed by atoms with van der Waals surface area (Å²) in [6.45, 7) is 1.37. The van der Waals surface area contributed by atoms with Gasteiger partial charge in [-0.15, -0.1) is 11.8 Å². The summed E-state index contributed by atoms with van der Waals surface area (Å²) in [5, 5.41) is 58.3. The molecule has 0 aliphatic carbocycles. The number of aromatic nitrogens is 1. The van der Waals surface area contributed by atoms with Gasteiger partial charge in [0.15, 0.2) is 11.8 Å². The van der Waals surface area contributed by atoms with Gasteiger partial charge in [-0.05, 0) is 6.92 Å². The number of thioether (sulfide) groups is 1. The molecule has 1 aromatic heterocycles. The smallest absolute Gasteiger partial charge is 0.332 e. The van der Waals surface area contributed by atoms with Gasteiger partial charge >= 0.3 is 5.97 Å². The number of aromatic hydroxyl groups is 1. The Labute approximate surface area is 199 Å². The van der Waals surface area contributed by atoms with Crippen molar-refractivity contribution in [3.63, 3.8) is 0 Å². The van der Waals surface area contributed by atoms with Crippen LogP contribution >= 0.6 is 11.8 Å². The van der Waals surface area contributed by atoms with Crippen molar-refractivity contribution >= 4 is 22.8 Å². The Balaban J connectivity index is 1.37. The minimum absolute atomic E-state index is 0.00870. The number of aliphatic hydroxyl groups is 4. The summed E-state index contributed by atoms with van der Waals surface area (Å²) in [6.07, 6.45) is -5.32. The summed E-state index contributed by atoms with van der Waals surface area (Å²) in [6, 6.07) is 1.35. The fraction of sp³-hybridized carbons (Fsp3) is 0.650. The van der Waals surface area contributed by atoms with Gasteiger partial charge in [0, 0.05) is 11.8 Å². The number of aliphatic carboxylic acids is 1. The van der Waals surface area contributed by atoms with Crippen molar-refractivity contribution in [2.45, 2.75) is 43.2 Å². The van der Waals surface area contributed by atoms with E-state index in [2.05, 4.69) is 9.98 Å². The number of ether oxygens (including phenoxy) is 4. The van der Waals surface area contributed by atoms with Gasteiger partial charge in [0.25, 0.3) is 0 Å². The zero-order chi connectivity index (χ0) is 24.9. The van der Waals surface area contributed by atoms with Crippen molar-refractivity contribution in [3.05, 3.63) is 18.0 Å². The lowest BCUT2D eigenvalue weighted by molar-refractivity contribution is -0.302. The Kier molecular flexibility index (Phi) is 9.06. The highest BCUT2D eigenvalue weighted by Crippen LogP contribution is 2.34. The maximum absolute atomic E-state index is 11.3. The number of nitrogens with zero attached hydrogens (tertiary/aromatic N) is 2. The van der Waals surface area contributed by atoms with E-state index in [-0.39, 0.29) is 49.4 Å². The van der Waals surface area contributed by atoms with E-state index in [1.165, 1.54) is 30.9 Å². The second kappa shape index (κ2) is 11.6. The number of rotatable bonds is 11. The SMILES string of the molecule is C[C@]1(C(=O)O)CSC(c2ncc(OCCOCCO[C@@H]3OC(CO)[C@H](O)C(O)C3O)cc2O)=N1. The Morgan fingerprint density at radius 3 is 2.59 bits per heavy atom. The second-order valence-electron chi connectivity index (χ2n) is 7.85. The Morgan fingerprint density at radius 1 is 1.21 bits per heavy atom. The number of carboxylic acids is 1. The van der Waals surface area contributed by atoms with E-state index >= 15 is 0 Å². The van der Waals surface area contributed by atoms with Gasteiger partial charge in [0.1, 0.15) is 53.3 Å². The molecule has 1 saturated heterocycles. The summed E-state index contributed by atoms with van der Waals surface area (Å²) in [7, 11) is 0. The van der Waals surface area contributed by atoms with E-state index in [1.54, 1.807) is 0 Å². The maximum Gasteiger partial charge on any atom is 0.332 e. The zero-order valence-electron chi connectivity index (χ0n) is 18.3. The zero-order valence-corrected chi connectivity index (χ0v) is 19.1. The highest BCUT2D eigenvalue weighted by molar-refractivity contribution is 8.14. The number of carbonyl (C=O) groups is 1. The van der Waals surface area contributed by atoms with E-state index in [9.17, 15) is 30.3 Å². The normalized spacial score (nSPS) is 31.3. The van der Waals surface area contributed by atoms with Gasteiger partial charge < -0.3 is 49.6 Å². The summed E-state index contributed by atoms with van der Waals surface area (Å²) < 4.78 is 21.3. The number of hydrogen-bond acceptors (Lipinski definition) is 13. The number of hydrogen-bond donors (Lipinski definition) is 6. The van der Waals surface area contributed by atoms with Gasteiger partial charge in [0.05, 0.1) is 32.6 Å². The molecule has 34 heavy (non-hydrogen) atoms. The summed E-state index contributed by atoms with van der Waals surface area (Å²) in [5.74, 6) is -0.707. The average molecular weight is 505 g/mol. The third kappa shape index (κ3) is 6.14. The van der Waals surface area contributed by atoms with E-state index in [0.717, 1.165) is 0 Å². The first-order valence-corrected chi connectivity index (χ1v) is 11.4. The van der Waals surface area contributed by atoms with Crippen LogP contribution < -0.4 is 4.74 Å². The first-order chi connectivity index (χ1) is 16.2. The molecule has 3 unspecified atom stereocenters. The maximum atomic E-state index is 11.3. The molecule has 0 radical (unpaired) electrons. The van der Waals surface area contributed by atoms with Crippen LogP contribution in [-0.2, 0) is 19.0 Å². The molecule has 190 valence electrons. The molecule has 2 aliphatic heterocycles. The lowest BCUT2D eigenvalue weighted by Gasteiger charge is -2.39. The molecule has 13 nitrogen and oxygen atoms in total. The van der Waals surface area contributed by atoms with Crippen molar-refractivity contribution in [1.82, 2.24) is 4.98 Å². The summed E-state index contributed by atoms with van der Waals surface area (Å²) in [5.41, 5.74) is -1.07. The number of aliphatic hydroxyl groups excluding tert-OH is 4. The molecule has 6 atom stereocenters. The minimum Gasteiger partial charge on any atom is -0.505 e. The molecule has 3 heterocycles. The van der Waals surface area contributed by atoms with E-state index in [0.29, 0.717) is 5.04 Å². The number of carboxylic acid groups (broad SMARTS) is 1. The first-order valence-electron chi connectivity index (χ1n) is 10.4. The molecule has 0 bridgehead atoms. The molecular formula is C20H28N2O11S. The van der Waals surface area contributed by atoms with Crippen molar-refractivity contribution < 1.29 is 54.4 Å². The molecule has 1 fully saturated rings. The lowest BCUT2D eigenvalue weighted by Crippen LogP contribution is -2.59. The molecule has 0 amide bonds. The van der Waals surface area contributed by atoms with Crippen molar-refractivity contribution in [1.29, 1.82) is 0 Å². The predicted molar refractivity (Wildman–Crippen MR) is 117 cm³/mol. The molecule has 6 N–H and O–H groups in total. The van der Waals surface area contributed by atoms with Gasteiger partial charge in [-0.1, -0.05) is 0 Å². The standard InChI is InChI=1S/C20H28N2O11S/c1-20(19(28)29)9-34-17(22-20)13-11(24)6-10(7-21-13)31-4-2-30-3-5-32-18-16(27)15(26)14(25)12(8-23)33-18/h6-7,12,14-16,18,23-27H,2-5,8-9H2,1H3,(H,28,29)/t12?,14-,15?,16?,18+,20+/m0/s1. The fourth-order valence-corrected chi connectivity index (χ4v) is 4.32. The lowest BCUT2D eigenvalue weighted by atomic mass is 9.99. The summed E-state index contributed by atoms with van der Waals surface area (Å²) >= 11 is 1.20. The number of aliphatic imine (C=N–C) groups is 1. The molecule has 2 aliphatic rings. The van der Waals surface area contributed by atoms with Gasteiger partial charge in [0.2, 0.25) is 0 Å². The van der Waals surface area contributed by atoms with Crippen LogP contribution in [-0.4, -0.2) is 122 Å². The predicted octanol–water partition coefficient (Wildman–Crippen LogP) is -1.66. The van der Waals surface area contributed by atoms with E-state index < -0.39 is 48.8 Å². The molecule has 0 spiro atoms. The largest absolute Gasteiger partial charge is 0.505 e. The monoisotopic (exact) mass is 504 g/mol. The van der Waals surface area contributed by atoms with Crippen molar-refractivity contribution in [3.8, 4) is 11.5 Å². The van der Waals surface area contributed by atoms with Gasteiger partial charge in [-0.3, -0.25) is 4.99 Å². The van der Waals surface area contributed by atoms with E-state index in [4.69, 9.17) is 24.1 Å². The number of pyridine rings is 1. The quantitative estimate of drug-likeness (QED) is 0.187. The highest BCUT2D eigenvalue weighted by Gasteiger charge is 2.44. The van der Waals surface area contributed by atoms with Gasteiger partial charge in [-0.25, -0.2) is 9.78 Å². The second-order valence-corrected chi connectivity index (χ2v) is 8.82.